The minimum absolute atomic E-state index is 0.148. The molecule has 0 spiro atoms. The number of methoxy groups -OCH3 is 1. The van der Waals surface area contributed by atoms with Gasteiger partial charge in [-0.05, 0) is 72.7 Å². The minimum atomic E-state index is -5.25. The van der Waals surface area contributed by atoms with Crippen molar-refractivity contribution >= 4 is 17.9 Å². The van der Waals surface area contributed by atoms with E-state index in [9.17, 15) is 62.3 Å². The maximum atomic E-state index is 13.7. The highest BCUT2D eigenvalue weighted by atomic mass is 19.4. The summed E-state index contributed by atoms with van der Waals surface area (Å²) >= 11 is 0. The van der Waals surface area contributed by atoms with Gasteiger partial charge in [0, 0.05) is 12.6 Å². The second-order valence-corrected chi connectivity index (χ2v) is 10.5. The van der Waals surface area contributed by atoms with E-state index >= 15 is 0 Å². The van der Waals surface area contributed by atoms with E-state index in [-0.39, 0.29) is 6.07 Å². The van der Waals surface area contributed by atoms with Crippen LogP contribution in [0, 0.1) is 5.92 Å². The average Bonchev–Trinajstić information content (AvgIpc) is 3.77. The average molecular weight is 666 g/mol. The minimum Gasteiger partial charge on any atom is -0.453 e. The van der Waals surface area contributed by atoms with Gasteiger partial charge in [-0.25, -0.2) is 9.59 Å². The Hall–Kier alpha value is -3.86. The Balaban J connectivity index is 1.87. The standard InChI is InChI=1S/C27H22F12N2O4/c1-44-22(42)40(11-13-6-16(26(34,35)36)8-17(7-13)27(37,38)39)21-10-20(14-2-3-14)41(23(43)45-12-24(28,29)30)19-5-4-15(9-18(19)21)25(31,32)33/h4-9,14,20-21H,2-3,10-12H2,1H3/t20-,21-/m0/s1. The first-order valence-corrected chi connectivity index (χ1v) is 13.0. The van der Waals surface area contributed by atoms with E-state index in [0.29, 0.717) is 42.0 Å². The molecule has 0 radical (unpaired) electrons. The number of hydrogen-bond donors (Lipinski definition) is 0. The van der Waals surface area contributed by atoms with Gasteiger partial charge in [0.1, 0.15) is 0 Å². The second kappa shape index (κ2) is 11.8. The lowest BCUT2D eigenvalue weighted by Crippen LogP contribution is -2.50. The molecule has 4 rings (SSSR count). The van der Waals surface area contributed by atoms with Crippen molar-refractivity contribution in [2.75, 3.05) is 18.6 Å². The Morgan fingerprint density at radius 3 is 1.84 bits per heavy atom. The first kappa shape index (κ1) is 34.0. The Labute approximate surface area is 246 Å². The molecule has 6 nitrogen and oxygen atoms in total. The van der Waals surface area contributed by atoms with Crippen LogP contribution in [0.3, 0.4) is 0 Å². The summed E-state index contributed by atoms with van der Waals surface area (Å²) in [6.07, 6.45) is -23.0. The summed E-state index contributed by atoms with van der Waals surface area (Å²) in [5, 5.41) is 0. The molecule has 1 fully saturated rings. The van der Waals surface area contributed by atoms with Crippen LogP contribution < -0.4 is 4.90 Å². The van der Waals surface area contributed by atoms with Crippen LogP contribution in [0.1, 0.15) is 53.1 Å². The van der Waals surface area contributed by atoms with Crippen LogP contribution in [-0.2, 0) is 34.5 Å². The Kier molecular flexibility index (Phi) is 8.93. The van der Waals surface area contributed by atoms with E-state index in [1.54, 1.807) is 0 Å². The molecule has 0 N–H and O–H groups in total. The van der Waals surface area contributed by atoms with E-state index in [0.717, 1.165) is 18.1 Å². The van der Waals surface area contributed by atoms with Crippen molar-refractivity contribution in [3.8, 4) is 0 Å². The molecule has 0 saturated heterocycles. The van der Waals surface area contributed by atoms with Gasteiger partial charge >= 0.3 is 36.9 Å². The van der Waals surface area contributed by atoms with Gasteiger partial charge in [0.05, 0.1) is 35.5 Å². The van der Waals surface area contributed by atoms with E-state index < -0.39 is 108 Å². The van der Waals surface area contributed by atoms with E-state index in [1.165, 1.54) is 0 Å². The lowest BCUT2D eigenvalue weighted by Gasteiger charge is -2.44. The predicted molar refractivity (Wildman–Crippen MR) is 130 cm³/mol. The number of nitrogens with zero attached hydrogens (tertiary/aromatic N) is 2. The maximum Gasteiger partial charge on any atom is 0.422 e. The van der Waals surface area contributed by atoms with Gasteiger partial charge in [-0.1, -0.05) is 0 Å². The van der Waals surface area contributed by atoms with Crippen molar-refractivity contribution in [3.05, 3.63) is 64.2 Å². The van der Waals surface area contributed by atoms with Crippen molar-refractivity contribution < 1.29 is 71.7 Å². The van der Waals surface area contributed by atoms with Crippen LogP contribution in [0.4, 0.5) is 68.0 Å². The molecule has 1 aliphatic carbocycles. The zero-order valence-electron chi connectivity index (χ0n) is 22.8. The number of amides is 2. The number of halogens is 12. The fourth-order valence-electron chi connectivity index (χ4n) is 5.21. The fraction of sp³-hybridized carbons (Fsp3) is 0.481. The molecule has 0 aromatic heterocycles. The number of alkyl halides is 12. The summed E-state index contributed by atoms with van der Waals surface area (Å²) in [5.41, 5.74) is -6.31. The normalized spacial score (nSPS) is 19.2. The lowest BCUT2D eigenvalue weighted by atomic mass is 9.86. The zero-order valence-corrected chi connectivity index (χ0v) is 22.8. The smallest absolute Gasteiger partial charge is 0.422 e. The molecule has 2 atom stereocenters. The fourth-order valence-corrected chi connectivity index (χ4v) is 5.21. The van der Waals surface area contributed by atoms with Gasteiger partial charge in [0.25, 0.3) is 0 Å². The summed E-state index contributed by atoms with van der Waals surface area (Å²) in [4.78, 5) is 27.3. The molecule has 2 aromatic rings. The van der Waals surface area contributed by atoms with Crippen molar-refractivity contribution in [1.29, 1.82) is 0 Å². The van der Waals surface area contributed by atoms with Gasteiger partial charge in [-0.2, -0.15) is 52.7 Å². The van der Waals surface area contributed by atoms with Crippen LogP contribution in [0.15, 0.2) is 36.4 Å². The third-order valence-electron chi connectivity index (χ3n) is 7.28. The van der Waals surface area contributed by atoms with Crippen molar-refractivity contribution in [2.45, 2.75) is 62.6 Å². The van der Waals surface area contributed by atoms with Gasteiger partial charge in [-0.3, -0.25) is 9.80 Å². The number of benzene rings is 2. The van der Waals surface area contributed by atoms with Crippen LogP contribution >= 0.6 is 0 Å². The molecule has 45 heavy (non-hydrogen) atoms. The molecule has 0 unspecified atom stereocenters. The second-order valence-electron chi connectivity index (χ2n) is 10.5. The predicted octanol–water partition coefficient (Wildman–Crippen LogP) is 8.74. The van der Waals surface area contributed by atoms with Gasteiger partial charge in [0.15, 0.2) is 6.61 Å². The van der Waals surface area contributed by atoms with Crippen LogP contribution in [0.5, 0.6) is 0 Å². The topological polar surface area (TPSA) is 59.1 Å². The molecular formula is C27H22F12N2O4. The number of fused-ring (bicyclic) bond motifs is 1. The van der Waals surface area contributed by atoms with E-state index in [2.05, 4.69) is 4.74 Å². The molecule has 2 amide bonds. The monoisotopic (exact) mass is 666 g/mol. The van der Waals surface area contributed by atoms with E-state index in [1.807, 2.05) is 0 Å². The Morgan fingerprint density at radius 2 is 1.38 bits per heavy atom. The zero-order chi connectivity index (χ0) is 33.7. The lowest BCUT2D eigenvalue weighted by molar-refractivity contribution is -0.160. The molecule has 0 bridgehead atoms. The van der Waals surface area contributed by atoms with Crippen molar-refractivity contribution in [2.24, 2.45) is 5.92 Å². The molecule has 248 valence electrons. The molecule has 1 saturated carbocycles. The SMILES string of the molecule is COC(=O)N(Cc1cc(C(F)(F)F)cc(C(F)(F)F)c1)[C@H]1C[C@@H](C2CC2)N(C(=O)OCC(F)(F)F)c2ccc(C(F)(F)F)cc21. The van der Waals surface area contributed by atoms with Crippen LogP contribution in [-0.4, -0.2) is 43.0 Å². The highest BCUT2D eigenvalue weighted by Crippen LogP contribution is 2.50. The summed E-state index contributed by atoms with van der Waals surface area (Å²) in [7, 11) is 0.817. The molecule has 2 aromatic carbocycles. The summed E-state index contributed by atoms with van der Waals surface area (Å²) in [6.45, 7) is -3.04. The number of carbonyl (C=O) groups is 2. The van der Waals surface area contributed by atoms with Crippen molar-refractivity contribution in [3.63, 3.8) is 0 Å². The number of hydrogen-bond acceptors (Lipinski definition) is 4. The summed E-state index contributed by atoms with van der Waals surface area (Å²) in [5.74, 6) is -0.425. The van der Waals surface area contributed by atoms with Crippen LogP contribution in [0.25, 0.3) is 0 Å². The largest absolute Gasteiger partial charge is 0.453 e. The molecular weight excluding hydrogens is 644 g/mol. The number of anilines is 1. The Morgan fingerprint density at radius 1 is 0.822 bits per heavy atom. The highest BCUT2D eigenvalue weighted by Gasteiger charge is 2.48. The summed E-state index contributed by atoms with van der Waals surface area (Å²) < 4.78 is 170. The van der Waals surface area contributed by atoms with E-state index in [4.69, 9.17) is 4.74 Å². The number of rotatable bonds is 5. The number of carbonyl (C=O) groups excluding carboxylic acids is 2. The molecule has 1 heterocycles. The molecule has 1 aliphatic heterocycles. The maximum absolute atomic E-state index is 13.7. The quantitative estimate of drug-likeness (QED) is 0.300. The third kappa shape index (κ3) is 7.87. The molecule has 18 heteroatoms. The third-order valence-corrected chi connectivity index (χ3v) is 7.28. The number of ether oxygens (including phenoxy) is 2. The first-order valence-electron chi connectivity index (χ1n) is 13.0. The summed E-state index contributed by atoms with van der Waals surface area (Å²) in [6, 6.07) is -0.298. The van der Waals surface area contributed by atoms with Gasteiger partial charge < -0.3 is 9.47 Å². The van der Waals surface area contributed by atoms with Gasteiger partial charge in [0.2, 0.25) is 0 Å². The molecule has 2 aliphatic rings. The van der Waals surface area contributed by atoms with Crippen molar-refractivity contribution in [1.82, 2.24) is 4.90 Å². The first-order chi connectivity index (χ1) is 20.6. The van der Waals surface area contributed by atoms with Gasteiger partial charge in [-0.15, -0.1) is 0 Å². The van der Waals surface area contributed by atoms with Crippen LogP contribution in [0.2, 0.25) is 0 Å². The highest BCUT2D eigenvalue weighted by molar-refractivity contribution is 5.91. The Bertz CT molecular complexity index is 1400.